The van der Waals surface area contributed by atoms with E-state index in [4.69, 9.17) is 0 Å². The van der Waals surface area contributed by atoms with E-state index in [-0.39, 0.29) is 12.6 Å². The number of benzene rings is 3. The predicted molar refractivity (Wildman–Crippen MR) is 101 cm³/mol. The second kappa shape index (κ2) is 7.06. The van der Waals surface area contributed by atoms with E-state index >= 15 is 0 Å². The molecule has 4 aromatic rings. The zero-order valence-electron chi connectivity index (χ0n) is 14.0. The maximum Gasteiger partial charge on any atom is 0.319 e. The van der Waals surface area contributed by atoms with Gasteiger partial charge in [-0.2, -0.15) is 0 Å². The van der Waals surface area contributed by atoms with Crippen LogP contribution in [0.5, 0.6) is 0 Å². The molecule has 3 aromatic carbocycles. The standard InChI is InChI=1S/C20H17N5O/c26-20(23-17-11-10-15-6-4-5-7-16(15)12-17)21-13-19-24-22-14-25(19)18-8-2-1-3-9-18/h1-12,14H,13H2,(H2,21,23,26). The first-order valence-corrected chi connectivity index (χ1v) is 8.27. The lowest BCUT2D eigenvalue weighted by Gasteiger charge is -2.09. The average molecular weight is 343 g/mol. The van der Waals surface area contributed by atoms with E-state index in [0.717, 1.165) is 22.1 Å². The van der Waals surface area contributed by atoms with Gasteiger partial charge in [0, 0.05) is 11.4 Å². The molecule has 128 valence electrons. The molecule has 0 saturated heterocycles. The van der Waals surface area contributed by atoms with Gasteiger partial charge in [0.1, 0.15) is 6.33 Å². The molecule has 0 aliphatic carbocycles. The number of hydrogen-bond donors (Lipinski definition) is 2. The van der Waals surface area contributed by atoms with E-state index in [0.29, 0.717) is 5.82 Å². The number of carbonyl (C=O) groups is 1. The van der Waals surface area contributed by atoms with Crippen molar-refractivity contribution < 1.29 is 4.79 Å². The zero-order valence-corrected chi connectivity index (χ0v) is 14.0. The Labute approximate surface area is 150 Å². The molecule has 6 nitrogen and oxygen atoms in total. The summed E-state index contributed by atoms with van der Waals surface area (Å²) in [7, 11) is 0. The number of para-hydroxylation sites is 1. The average Bonchev–Trinajstić information content (AvgIpc) is 3.16. The molecule has 0 spiro atoms. The highest BCUT2D eigenvalue weighted by Gasteiger charge is 2.08. The van der Waals surface area contributed by atoms with Crippen molar-refractivity contribution in [2.75, 3.05) is 5.32 Å². The van der Waals surface area contributed by atoms with Crippen molar-refractivity contribution in [3.05, 3.63) is 84.9 Å². The molecule has 1 heterocycles. The molecule has 2 N–H and O–H groups in total. The molecule has 0 radical (unpaired) electrons. The summed E-state index contributed by atoms with van der Waals surface area (Å²) < 4.78 is 1.84. The van der Waals surface area contributed by atoms with Gasteiger partial charge in [-0.25, -0.2) is 4.79 Å². The summed E-state index contributed by atoms with van der Waals surface area (Å²) >= 11 is 0. The quantitative estimate of drug-likeness (QED) is 0.593. The summed E-state index contributed by atoms with van der Waals surface area (Å²) in [5, 5.41) is 15.9. The molecule has 0 unspecified atom stereocenters. The van der Waals surface area contributed by atoms with Crippen molar-refractivity contribution in [3.63, 3.8) is 0 Å². The zero-order chi connectivity index (χ0) is 17.8. The summed E-state index contributed by atoms with van der Waals surface area (Å²) in [6.45, 7) is 0.272. The predicted octanol–water partition coefficient (Wildman–Crippen LogP) is 3.74. The highest BCUT2D eigenvalue weighted by Crippen LogP contribution is 2.18. The van der Waals surface area contributed by atoms with Gasteiger partial charge in [0.2, 0.25) is 0 Å². The van der Waals surface area contributed by atoms with Crippen LogP contribution in [-0.2, 0) is 6.54 Å². The van der Waals surface area contributed by atoms with Gasteiger partial charge in [0.05, 0.1) is 6.54 Å². The van der Waals surface area contributed by atoms with Crippen LogP contribution in [-0.4, -0.2) is 20.8 Å². The third kappa shape index (κ3) is 3.39. The lowest BCUT2D eigenvalue weighted by Crippen LogP contribution is -2.29. The Morgan fingerprint density at radius 3 is 2.54 bits per heavy atom. The monoisotopic (exact) mass is 343 g/mol. The largest absolute Gasteiger partial charge is 0.331 e. The second-order valence-electron chi connectivity index (χ2n) is 5.82. The Morgan fingerprint density at radius 2 is 1.69 bits per heavy atom. The van der Waals surface area contributed by atoms with Crippen LogP contribution in [0.1, 0.15) is 5.82 Å². The van der Waals surface area contributed by atoms with Crippen LogP contribution in [0.4, 0.5) is 10.5 Å². The van der Waals surface area contributed by atoms with Gasteiger partial charge in [0.25, 0.3) is 0 Å². The van der Waals surface area contributed by atoms with Gasteiger partial charge in [0.15, 0.2) is 5.82 Å². The maximum absolute atomic E-state index is 12.2. The Morgan fingerprint density at radius 1 is 0.923 bits per heavy atom. The molecular weight excluding hydrogens is 326 g/mol. The molecule has 1 aromatic heterocycles. The minimum absolute atomic E-state index is 0.272. The van der Waals surface area contributed by atoms with Crippen molar-refractivity contribution in [1.29, 1.82) is 0 Å². The van der Waals surface area contributed by atoms with Crippen LogP contribution in [0.15, 0.2) is 79.1 Å². The molecule has 26 heavy (non-hydrogen) atoms. The number of hydrogen-bond acceptors (Lipinski definition) is 3. The number of aromatic nitrogens is 3. The molecule has 4 rings (SSSR count). The Kier molecular flexibility index (Phi) is 4.30. The van der Waals surface area contributed by atoms with Gasteiger partial charge < -0.3 is 10.6 Å². The van der Waals surface area contributed by atoms with Gasteiger partial charge in [-0.3, -0.25) is 4.57 Å². The smallest absolute Gasteiger partial charge is 0.319 e. The van der Waals surface area contributed by atoms with Crippen molar-refractivity contribution >= 4 is 22.5 Å². The summed E-state index contributed by atoms with van der Waals surface area (Å²) in [4.78, 5) is 12.2. The third-order valence-electron chi connectivity index (χ3n) is 4.07. The van der Waals surface area contributed by atoms with Gasteiger partial charge in [-0.15, -0.1) is 10.2 Å². The molecule has 6 heteroatoms. The van der Waals surface area contributed by atoms with Crippen molar-refractivity contribution in [3.8, 4) is 5.69 Å². The molecule has 0 saturated carbocycles. The normalized spacial score (nSPS) is 10.6. The van der Waals surface area contributed by atoms with Crippen LogP contribution in [0.3, 0.4) is 0 Å². The van der Waals surface area contributed by atoms with Crippen molar-refractivity contribution in [2.24, 2.45) is 0 Å². The fraction of sp³-hybridized carbons (Fsp3) is 0.0500. The molecule has 2 amide bonds. The van der Waals surface area contributed by atoms with Crippen LogP contribution in [0.25, 0.3) is 16.5 Å². The SMILES string of the molecule is O=C(NCc1nncn1-c1ccccc1)Nc1ccc2ccccc2c1. The topological polar surface area (TPSA) is 71.8 Å². The maximum atomic E-state index is 12.2. The molecule has 0 atom stereocenters. The van der Waals surface area contributed by atoms with E-state index < -0.39 is 0 Å². The minimum atomic E-state index is -0.289. The van der Waals surface area contributed by atoms with E-state index in [2.05, 4.69) is 20.8 Å². The summed E-state index contributed by atoms with van der Waals surface area (Å²) in [6, 6.07) is 23.3. The number of urea groups is 1. The minimum Gasteiger partial charge on any atom is -0.331 e. The third-order valence-corrected chi connectivity index (χ3v) is 4.07. The number of amides is 2. The van der Waals surface area contributed by atoms with E-state index in [1.165, 1.54) is 0 Å². The summed E-state index contributed by atoms with van der Waals surface area (Å²) in [5.74, 6) is 0.657. The number of rotatable bonds is 4. The van der Waals surface area contributed by atoms with Crippen LogP contribution < -0.4 is 10.6 Å². The Hall–Kier alpha value is -3.67. The van der Waals surface area contributed by atoms with Crippen molar-refractivity contribution in [2.45, 2.75) is 6.54 Å². The van der Waals surface area contributed by atoms with Gasteiger partial charge in [-0.1, -0.05) is 48.5 Å². The molecule has 0 bridgehead atoms. The van der Waals surface area contributed by atoms with Gasteiger partial charge >= 0.3 is 6.03 Å². The second-order valence-corrected chi connectivity index (χ2v) is 5.82. The van der Waals surface area contributed by atoms with Gasteiger partial charge in [-0.05, 0) is 35.0 Å². The fourth-order valence-electron chi connectivity index (χ4n) is 2.79. The molecular formula is C20H17N5O. The number of nitrogens with one attached hydrogen (secondary N) is 2. The first-order chi connectivity index (χ1) is 12.8. The molecule has 0 fully saturated rings. The first kappa shape index (κ1) is 15.8. The number of carbonyl (C=O) groups excluding carboxylic acids is 1. The number of anilines is 1. The fourth-order valence-corrected chi connectivity index (χ4v) is 2.79. The highest BCUT2D eigenvalue weighted by atomic mass is 16.2. The van der Waals surface area contributed by atoms with E-state index in [1.54, 1.807) is 6.33 Å². The van der Waals surface area contributed by atoms with Crippen LogP contribution in [0.2, 0.25) is 0 Å². The Bertz CT molecular complexity index is 1040. The van der Waals surface area contributed by atoms with E-state index in [9.17, 15) is 4.79 Å². The van der Waals surface area contributed by atoms with Crippen molar-refractivity contribution in [1.82, 2.24) is 20.1 Å². The number of nitrogens with zero attached hydrogens (tertiary/aromatic N) is 3. The van der Waals surface area contributed by atoms with Crippen LogP contribution in [0, 0.1) is 0 Å². The lowest BCUT2D eigenvalue weighted by atomic mass is 10.1. The highest BCUT2D eigenvalue weighted by molar-refractivity contribution is 5.93. The summed E-state index contributed by atoms with van der Waals surface area (Å²) in [5.41, 5.74) is 1.69. The number of fused-ring (bicyclic) bond motifs is 1. The summed E-state index contributed by atoms with van der Waals surface area (Å²) in [6.07, 6.45) is 1.63. The molecule has 0 aliphatic heterocycles. The van der Waals surface area contributed by atoms with E-state index in [1.807, 2.05) is 77.4 Å². The Balaban J connectivity index is 1.42. The first-order valence-electron chi connectivity index (χ1n) is 8.27. The van der Waals surface area contributed by atoms with Crippen LogP contribution >= 0.6 is 0 Å². The molecule has 0 aliphatic rings. The lowest BCUT2D eigenvalue weighted by molar-refractivity contribution is 0.251.